The van der Waals surface area contributed by atoms with E-state index in [1.165, 1.54) is 0 Å². The monoisotopic (exact) mass is 367 g/mol. The van der Waals surface area contributed by atoms with Crippen LogP contribution in [0.1, 0.15) is 19.4 Å². The third kappa shape index (κ3) is 3.27. The molecular weight excluding hydrogens is 346 g/mol. The minimum absolute atomic E-state index is 0.0814. The predicted molar refractivity (Wildman–Crippen MR) is 100 cm³/mol. The van der Waals surface area contributed by atoms with Gasteiger partial charge in [-0.3, -0.25) is 4.79 Å². The summed E-state index contributed by atoms with van der Waals surface area (Å²) in [4.78, 5) is 25.5. The van der Waals surface area contributed by atoms with Crippen LogP contribution in [0.25, 0.3) is 11.3 Å². The molecule has 3 heterocycles. The maximum atomic E-state index is 12.6. The lowest BCUT2D eigenvalue weighted by molar-refractivity contribution is -0.133. The molecule has 1 amide bonds. The summed E-state index contributed by atoms with van der Waals surface area (Å²) in [5, 5.41) is 10.9. The minimum Gasteiger partial charge on any atom is -0.363 e. The van der Waals surface area contributed by atoms with Gasteiger partial charge in [-0.25, -0.2) is 14.6 Å². The molecule has 1 aliphatic rings. The Morgan fingerprint density at radius 3 is 2.63 bits per heavy atom. The number of carbonyl (C=O) groups excluding carboxylic acids is 1. The number of hydrogen-bond donors (Lipinski definition) is 1. The molecule has 27 heavy (non-hydrogen) atoms. The van der Waals surface area contributed by atoms with Crippen molar-refractivity contribution in [1.29, 1.82) is 0 Å². The number of amides is 1. The van der Waals surface area contributed by atoms with Crippen molar-refractivity contribution in [2.45, 2.75) is 26.4 Å². The molecule has 9 nitrogen and oxygen atoms in total. The zero-order valence-corrected chi connectivity index (χ0v) is 15.3. The average molecular weight is 367 g/mol. The first kappa shape index (κ1) is 17.2. The van der Waals surface area contributed by atoms with Gasteiger partial charge in [-0.15, -0.1) is 0 Å². The highest BCUT2D eigenvalue weighted by Crippen LogP contribution is 2.28. The van der Waals surface area contributed by atoms with Crippen LogP contribution in [0.3, 0.4) is 0 Å². The fraction of sp³-hybridized carbons (Fsp3) is 0.389. The fourth-order valence-electron chi connectivity index (χ4n) is 3.26. The first-order valence-electron chi connectivity index (χ1n) is 9.01. The molecule has 1 saturated heterocycles. The molecule has 0 aliphatic carbocycles. The van der Waals surface area contributed by atoms with E-state index >= 15 is 0 Å². The van der Waals surface area contributed by atoms with Gasteiger partial charge in [0.2, 0.25) is 17.2 Å². The van der Waals surface area contributed by atoms with E-state index in [4.69, 9.17) is 4.63 Å². The number of aromatic nitrogens is 4. The number of piperazine rings is 1. The number of fused-ring (bicyclic) bond motifs is 1. The lowest BCUT2D eigenvalue weighted by atomic mass is 10.1. The van der Waals surface area contributed by atoms with E-state index in [9.17, 15) is 4.79 Å². The highest BCUT2D eigenvalue weighted by molar-refractivity contribution is 5.87. The summed E-state index contributed by atoms with van der Waals surface area (Å²) < 4.78 is 4.76. The second kappa shape index (κ2) is 7.18. The van der Waals surface area contributed by atoms with Crippen molar-refractivity contribution in [3.8, 4) is 0 Å². The van der Waals surface area contributed by atoms with Crippen LogP contribution < -0.4 is 10.2 Å². The maximum Gasteiger partial charge on any atom is 0.245 e. The van der Waals surface area contributed by atoms with Crippen molar-refractivity contribution in [3.63, 3.8) is 0 Å². The third-order valence-corrected chi connectivity index (χ3v) is 4.80. The molecule has 140 valence electrons. The van der Waals surface area contributed by atoms with E-state index in [0.717, 1.165) is 5.56 Å². The number of likely N-dealkylation sites (N-methyl/N-ethyl adjacent to an activating group) is 1. The first-order valence-corrected chi connectivity index (χ1v) is 9.01. The number of nitrogens with zero attached hydrogens (tertiary/aromatic N) is 6. The number of anilines is 2. The van der Waals surface area contributed by atoms with Crippen LogP contribution in [0.4, 0.5) is 11.6 Å². The molecule has 1 atom stereocenters. The van der Waals surface area contributed by atoms with Gasteiger partial charge in [-0.1, -0.05) is 30.3 Å². The summed E-state index contributed by atoms with van der Waals surface area (Å²) >= 11 is 0. The molecular formula is C18H21N7O2. The Labute approximate surface area is 156 Å². The number of hydrogen-bond acceptors (Lipinski definition) is 8. The van der Waals surface area contributed by atoms with Gasteiger partial charge in [0.05, 0.1) is 0 Å². The van der Waals surface area contributed by atoms with E-state index in [1.807, 2.05) is 54.0 Å². The molecule has 9 heteroatoms. The van der Waals surface area contributed by atoms with Crippen LogP contribution in [0.2, 0.25) is 0 Å². The summed E-state index contributed by atoms with van der Waals surface area (Å²) in [6, 6.07) is 9.67. The minimum atomic E-state index is -0.331. The van der Waals surface area contributed by atoms with E-state index in [-0.39, 0.29) is 11.9 Å². The Hall–Kier alpha value is -3.23. The van der Waals surface area contributed by atoms with Crippen LogP contribution in [0.15, 0.2) is 35.0 Å². The lowest BCUT2D eigenvalue weighted by Gasteiger charge is -2.39. The highest BCUT2D eigenvalue weighted by atomic mass is 16.6. The van der Waals surface area contributed by atoms with Crippen LogP contribution in [0, 0.1) is 0 Å². The smallest absolute Gasteiger partial charge is 0.245 e. The molecule has 0 bridgehead atoms. The van der Waals surface area contributed by atoms with E-state index < -0.39 is 0 Å². The largest absolute Gasteiger partial charge is 0.363 e. The zero-order chi connectivity index (χ0) is 18.8. The average Bonchev–Trinajstić information content (AvgIpc) is 3.16. The molecule has 1 aliphatic heterocycles. The van der Waals surface area contributed by atoms with Crippen LogP contribution >= 0.6 is 0 Å². The second-order valence-electron chi connectivity index (χ2n) is 6.43. The van der Waals surface area contributed by atoms with Crippen molar-refractivity contribution < 1.29 is 9.42 Å². The molecule has 4 rings (SSSR count). The van der Waals surface area contributed by atoms with Crippen molar-refractivity contribution in [2.75, 3.05) is 29.9 Å². The van der Waals surface area contributed by atoms with E-state index in [2.05, 4.69) is 25.6 Å². The SMILES string of the molecule is CCN1CCN(c2nc3nonc3nc2NCc2ccccc2)[C@@H](C)C1=O. The maximum absolute atomic E-state index is 12.6. The second-order valence-corrected chi connectivity index (χ2v) is 6.43. The molecule has 1 N–H and O–H groups in total. The van der Waals surface area contributed by atoms with Crippen molar-refractivity contribution in [1.82, 2.24) is 25.2 Å². The van der Waals surface area contributed by atoms with E-state index in [1.54, 1.807) is 0 Å². The Kier molecular flexibility index (Phi) is 4.57. The summed E-state index contributed by atoms with van der Waals surface area (Å²) in [7, 11) is 0. The number of carbonyl (C=O) groups is 1. The van der Waals surface area contributed by atoms with Crippen LogP contribution in [-0.4, -0.2) is 56.8 Å². The molecule has 3 aromatic rings. The Balaban J connectivity index is 1.67. The van der Waals surface area contributed by atoms with Gasteiger partial charge in [0.15, 0.2) is 11.6 Å². The molecule has 0 saturated carbocycles. The van der Waals surface area contributed by atoms with Gasteiger partial charge in [0.25, 0.3) is 0 Å². The van der Waals surface area contributed by atoms with Gasteiger partial charge >= 0.3 is 0 Å². The van der Waals surface area contributed by atoms with Gasteiger partial charge in [0, 0.05) is 26.2 Å². The van der Waals surface area contributed by atoms with E-state index in [0.29, 0.717) is 49.1 Å². The molecule has 1 fully saturated rings. The molecule has 0 unspecified atom stereocenters. The molecule has 0 spiro atoms. The molecule has 0 radical (unpaired) electrons. The Bertz CT molecular complexity index is 943. The third-order valence-electron chi connectivity index (χ3n) is 4.80. The predicted octanol–water partition coefficient (Wildman–Crippen LogP) is 1.68. The first-order chi connectivity index (χ1) is 13.2. The number of nitrogens with one attached hydrogen (secondary N) is 1. The number of benzene rings is 1. The lowest BCUT2D eigenvalue weighted by Crippen LogP contribution is -2.56. The standard InChI is InChI=1S/C18H21N7O2/c1-3-24-9-10-25(12(2)18(24)26)17-16(19-11-13-7-5-4-6-8-13)20-14-15(21-17)23-27-22-14/h4-8,12H,3,9-11H2,1-2H3,(H,19,20,22)/t12-/m0/s1. The summed E-state index contributed by atoms with van der Waals surface area (Å²) in [6.07, 6.45) is 0. The fourth-order valence-corrected chi connectivity index (χ4v) is 3.26. The molecule has 1 aromatic carbocycles. The quantitative estimate of drug-likeness (QED) is 0.727. The molecule has 2 aromatic heterocycles. The van der Waals surface area contributed by atoms with Crippen LogP contribution in [-0.2, 0) is 11.3 Å². The topological polar surface area (TPSA) is 100 Å². The summed E-state index contributed by atoms with van der Waals surface area (Å²) in [5.41, 5.74) is 1.77. The van der Waals surface area contributed by atoms with Crippen molar-refractivity contribution in [2.24, 2.45) is 0 Å². The zero-order valence-electron chi connectivity index (χ0n) is 15.3. The normalized spacial score (nSPS) is 17.6. The van der Waals surface area contributed by atoms with Gasteiger partial charge < -0.3 is 15.1 Å². The number of rotatable bonds is 5. The van der Waals surface area contributed by atoms with Crippen molar-refractivity contribution >= 4 is 28.8 Å². The Morgan fingerprint density at radius 2 is 1.89 bits per heavy atom. The van der Waals surface area contributed by atoms with Gasteiger partial charge in [0.1, 0.15) is 6.04 Å². The summed E-state index contributed by atoms with van der Waals surface area (Å²) in [6.45, 7) is 6.48. The van der Waals surface area contributed by atoms with Gasteiger partial charge in [-0.05, 0) is 29.7 Å². The Morgan fingerprint density at radius 1 is 1.15 bits per heavy atom. The van der Waals surface area contributed by atoms with Crippen molar-refractivity contribution in [3.05, 3.63) is 35.9 Å². The highest BCUT2D eigenvalue weighted by Gasteiger charge is 2.33. The van der Waals surface area contributed by atoms with Gasteiger partial charge in [-0.2, -0.15) is 0 Å². The van der Waals surface area contributed by atoms with Crippen LogP contribution in [0.5, 0.6) is 0 Å². The summed E-state index contributed by atoms with van der Waals surface area (Å²) in [5.74, 6) is 1.23.